The van der Waals surface area contributed by atoms with E-state index in [0.717, 1.165) is 11.1 Å². The van der Waals surface area contributed by atoms with Crippen LogP contribution in [-0.2, 0) is 11.2 Å². The van der Waals surface area contributed by atoms with Crippen LogP contribution in [0.2, 0.25) is 0 Å². The van der Waals surface area contributed by atoms with Gasteiger partial charge in [0, 0.05) is 13.7 Å². The van der Waals surface area contributed by atoms with E-state index in [1.54, 1.807) is 13.2 Å². The average molecular weight is 212 g/mol. The van der Waals surface area contributed by atoms with Crippen molar-refractivity contribution in [1.82, 2.24) is 0 Å². The molecule has 0 bridgehead atoms. The van der Waals surface area contributed by atoms with Gasteiger partial charge in [-0.1, -0.05) is 6.07 Å². The standard InChI is InChI=1S/C12H17FO2/c1-9-3-4-11(13)7-10(9)8-12(14)5-6-15-2/h3-4,7,12,14H,5-6,8H2,1-2H3. The van der Waals surface area contributed by atoms with Gasteiger partial charge < -0.3 is 9.84 Å². The Kier molecular flexibility index (Phi) is 4.72. The molecule has 1 aromatic carbocycles. The number of aryl methyl sites for hydroxylation is 1. The van der Waals surface area contributed by atoms with Crippen molar-refractivity contribution in [1.29, 1.82) is 0 Å². The van der Waals surface area contributed by atoms with E-state index < -0.39 is 6.10 Å². The lowest BCUT2D eigenvalue weighted by Crippen LogP contribution is -2.13. The van der Waals surface area contributed by atoms with E-state index in [2.05, 4.69) is 0 Å². The first-order chi connectivity index (χ1) is 7.13. The van der Waals surface area contributed by atoms with Gasteiger partial charge in [0.2, 0.25) is 0 Å². The smallest absolute Gasteiger partial charge is 0.123 e. The van der Waals surface area contributed by atoms with Crippen LogP contribution in [-0.4, -0.2) is 24.9 Å². The molecule has 0 aliphatic carbocycles. The van der Waals surface area contributed by atoms with Crippen molar-refractivity contribution in [3.05, 3.63) is 35.1 Å². The predicted molar refractivity (Wildman–Crippen MR) is 57.3 cm³/mol. The quantitative estimate of drug-likeness (QED) is 0.809. The summed E-state index contributed by atoms with van der Waals surface area (Å²) in [6, 6.07) is 4.64. The fourth-order valence-corrected chi connectivity index (χ4v) is 1.47. The third-order valence-corrected chi connectivity index (χ3v) is 2.42. The molecule has 84 valence electrons. The summed E-state index contributed by atoms with van der Waals surface area (Å²) in [5.41, 5.74) is 1.87. The number of hydrogen-bond donors (Lipinski definition) is 1. The van der Waals surface area contributed by atoms with E-state index in [9.17, 15) is 9.50 Å². The molecule has 1 unspecified atom stereocenters. The van der Waals surface area contributed by atoms with Crippen molar-refractivity contribution >= 4 is 0 Å². The number of hydrogen-bond acceptors (Lipinski definition) is 2. The van der Waals surface area contributed by atoms with Crippen LogP contribution in [0.1, 0.15) is 17.5 Å². The third-order valence-electron chi connectivity index (χ3n) is 2.42. The lowest BCUT2D eigenvalue weighted by molar-refractivity contribution is 0.110. The Morgan fingerprint density at radius 3 is 2.87 bits per heavy atom. The first-order valence-corrected chi connectivity index (χ1v) is 5.05. The number of aliphatic hydroxyl groups is 1. The highest BCUT2D eigenvalue weighted by Crippen LogP contribution is 2.13. The maximum Gasteiger partial charge on any atom is 0.123 e. The van der Waals surface area contributed by atoms with E-state index in [1.807, 2.05) is 6.92 Å². The topological polar surface area (TPSA) is 29.5 Å². The zero-order chi connectivity index (χ0) is 11.3. The molecule has 0 spiro atoms. The molecule has 0 heterocycles. The maximum atomic E-state index is 12.9. The Bertz CT molecular complexity index is 312. The van der Waals surface area contributed by atoms with E-state index >= 15 is 0 Å². The molecule has 15 heavy (non-hydrogen) atoms. The number of methoxy groups -OCH3 is 1. The van der Waals surface area contributed by atoms with Crippen LogP contribution < -0.4 is 0 Å². The van der Waals surface area contributed by atoms with Crippen molar-refractivity contribution in [2.45, 2.75) is 25.9 Å². The number of halogens is 1. The summed E-state index contributed by atoms with van der Waals surface area (Å²) < 4.78 is 17.8. The number of aliphatic hydroxyl groups excluding tert-OH is 1. The van der Waals surface area contributed by atoms with Crippen molar-refractivity contribution in [2.24, 2.45) is 0 Å². The van der Waals surface area contributed by atoms with Gasteiger partial charge in [-0.15, -0.1) is 0 Å². The van der Waals surface area contributed by atoms with Crippen molar-refractivity contribution in [2.75, 3.05) is 13.7 Å². The molecule has 0 saturated carbocycles. The molecule has 1 atom stereocenters. The minimum absolute atomic E-state index is 0.255. The second kappa shape index (κ2) is 5.83. The highest BCUT2D eigenvalue weighted by atomic mass is 19.1. The predicted octanol–water partition coefficient (Wildman–Crippen LogP) is 2.07. The minimum Gasteiger partial charge on any atom is -0.393 e. The molecular formula is C12H17FO2. The Morgan fingerprint density at radius 2 is 2.20 bits per heavy atom. The summed E-state index contributed by atoms with van der Waals surface area (Å²) in [6.07, 6.45) is 0.588. The van der Waals surface area contributed by atoms with Crippen LogP contribution >= 0.6 is 0 Å². The Balaban J connectivity index is 2.59. The van der Waals surface area contributed by atoms with Gasteiger partial charge >= 0.3 is 0 Å². The fourth-order valence-electron chi connectivity index (χ4n) is 1.47. The van der Waals surface area contributed by atoms with Crippen LogP contribution in [0, 0.1) is 12.7 Å². The monoisotopic (exact) mass is 212 g/mol. The van der Waals surface area contributed by atoms with Gasteiger partial charge in [-0.3, -0.25) is 0 Å². The molecule has 2 nitrogen and oxygen atoms in total. The SMILES string of the molecule is COCCC(O)Cc1cc(F)ccc1C. The molecule has 1 rings (SSSR count). The zero-order valence-electron chi connectivity index (χ0n) is 9.16. The molecule has 0 amide bonds. The Hall–Kier alpha value is -0.930. The van der Waals surface area contributed by atoms with E-state index in [0.29, 0.717) is 19.4 Å². The second-order valence-electron chi connectivity index (χ2n) is 3.71. The largest absolute Gasteiger partial charge is 0.393 e. The number of rotatable bonds is 5. The summed E-state index contributed by atoms with van der Waals surface area (Å²) in [7, 11) is 1.60. The van der Waals surface area contributed by atoms with Crippen LogP contribution in [0.4, 0.5) is 4.39 Å². The molecule has 0 aliphatic heterocycles. The minimum atomic E-state index is -0.467. The summed E-state index contributed by atoms with van der Waals surface area (Å²) in [6.45, 7) is 2.44. The highest BCUT2D eigenvalue weighted by molar-refractivity contribution is 5.27. The molecule has 3 heteroatoms. The molecule has 0 fully saturated rings. The molecule has 0 aromatic heterocycles. The van der Waals surface area contributed by atoms with Crippen LogP contribution in [0.25, 0.3) is 0 Å². The fraction of sp³-hybridized carbons (Fsp3) is 0.500. The molecule has 0 radical (unpaired) electrons. The Labute approximate surface area is 89.7 Å². The summed E-state index contributed by atoms with van der Waals surface area (Å²) in [5.74, 6) is -0.255. The van der Waals surface area contributed by atoms with Crippen molar-refractivity contribution in [3.8, 4) is 0 Å². The van der Waals surface area contributed by atoms with Gasteiger partial charge in [-0.05, 0) is 43.0 Å². The van der Waals surface area contributed by atoms with Crippen molar-refractivity contribution in [3.63, 3.8) is 0 Å². The van der Waals surface area contributed by atoms with Gasteiger partial charge in [0.05, 0.1) is 6.10 Å². The van der Waals surface area contributed by atoms with Crippen LogP contribution in [0.5, 0.6) is 0 Å². The molecule has 0 saturated heterocycles. The van der Waals surface area contributed by atoms with Crippen LogP contribution in [0.3, 0.4) is 0 Å². The molecule has 0 aliphatic rings. The lowest BCUT2D eigenvalue weighted by atomic mass is 10.0. The number of ether oxygens (including phenoxy) is 1. The second-order valence-corrected chi connectivity index (χ2v) is 3.71. The van der Waals surface area contributed by atoms with Gasteiger partial charge in [-0.25, -0.2) is 4.39 Å². The zero-order valence-corrected chi connectivity index (χ0v) is 9.16. The summed E-state index contributed by atoms with van der Waals surface area (Å²) in [5, 5.41) is 9.65. The summed E-state index contributed by atoms with van der Waals surface area (Å²) in [4.78, 5) is 0. The average Bonchev–Trinajstić information content (AvgIpc) is 2.20. The van der Waals surface area contributed by atoms with Gasteiger partial charge in [0.1, 0.15) is 5.82 Å². The normalized spacial score (nSPS) is 12.8. The van der Waals surface area contributed by atoms with Gasteiger partial charge in [0.25, 0.3) is 0 Å². The molecule has 1 N–H and O–H groups in total. The van der Waals surface area contributed by atoms with Crippen LogP contribution in [0.15, 0.2) is 18.2 Å². The molecule has 1 aromatic rings. The van der Waals surface area contributed by atoms with Gasteiger partial charge in [0.15, 0.2) is 0 Å². The summed E-state index contributed by atoms with van der Waals surface area (Å²) >= 11 is 0. The first-order valence-electron chi connectivity index (χ1n) is 5.05. The number of benzene rings is 1. The first kappa shape index (κ1) is 12.1. The Morgan fingerprint density at radius 1 is 1.47 bits per heavy atom. The maximum absolute atomic E-state index is 12.9. The molecular weight excluding hydrogens is 195 g/mol. The van der Waals surface area contributed by atoms with Gasteiger partial charge in [-0.2, -0.15) is 0 Å². The van der Waals surface area contributed by atoms with E-state index in [-0.39, 0.29) is 5.82 Å². The van der Waals surface area contributed by atoms with E-state index in [4.69, 9.17) is 4.74 Å². The lowest BCUT2D eigenvalue weighted by Gasteiger charge is -2.12. The highest BCUT2D eigenvalue weighted by Gasteiger charge is 2.08. The van der Waals surface area contributed by atoms with Crippen molar-refractivity contribution < 1.29 is 14.2 Å². The van der Waals surface area contributed by atoms with E-state index in [1.165, 1.54) is 12.1 Å². The third kappa shape index (κ3) is 3.98.